The summed E-state index contributed by atoms with van der Waals surface area (Å²) >= 11 is 0. The van der Waals surface area contributed by atoms with Crippen molar-refractivity contribution in [1.82, 2.24) is 5.32 Å². The van der Waals surface area contributed by atoms with E-state index in [9.17, 15) is 19.8 Å². The SMILES string of the molecule is CCCC/C=C\CCCCCCCC(=O)OCCCCCCCCCCCCCCCCCCCCCCCCCCCCCCCCCCCCCC(=O)NC(CO)C(O)/C=C/CCCCCCCCCCCC. The molecule has 0 heterocycles. The molecule has 2 unspecified atom stereocenters. The van der Waals surface area contributed by atoms with Gasteiger partial charge in [0.1, 0.15) is 0 Å². The zero-order valence-electron chi connectivity index (χ0n) is 50.8. The van der Waals surface area contributed by atoms with Crippen LogP contribution in [0.15, 0.2) is 24.3 Å². The van der Waals surface area contributed by atoms with Crippen LogP contribution in [0.25, 0.3) is 0 Å². The van der Waals surface area contributed by atoms with Crippen LogP contribution < -0.4 is 5.32 Å². The van der Waals surface area contributed by atoms with Crippen molar-refractivity contribution < 1.29 is 24.5 Å². The van der Waals surface area contributed by atoms with Crippen LogP contribution in [0, 0.1) is 0 Å². The van der Waals surface area contributed by atoms with Crippen molar-refractivity contribution in [1.29, 1.82) is 0 Å². The maximum Gasteiger partial charge on any atom is 0.305 e. The zero-order chi connectivity index (χ0) is 54.3. The number of hydrogen-bond acceptors (Lipinski definition) is 5. The van der Waals surface area contributed by atoms with E-state index >= 15 is 0 Å². The maximum atomic E-state index is 12.4. The third-order valence-electron chi connectivity index (χ3n) is 16.0. The summed E-state index contributed by atoms with van der Waals surface area (Å²) < 4.78 is 5.47. The van der Waals surface area contributed by atoms with Gasteiger partial charge in [0, 0.05) is 12.8 Å². The summed E-state index contributed by atoms with van der Waals surface area (Å²) in [5.41, 5.74) is 0. The number of nitrogens with one attached hydrogen (secondary N) is 1. The van der Waals surface area contributed by atoms with E-state index < -0.39 is 12.1 Å². The summed E-state index contributed by atoms with van der Waals surface area (Å²) in [5.74, 6) is -0.0503. The monoisotopic (exact) mass is 1060 g/mol. The lowest BCUT2D eigenvalue weighted by Crippen LogP contribution is -2.45. The molecule has 6 heteroatoms. The largest absolute Gasteiger partial charge is 0.466 e. The highest BCUT2D eigenvalue weighted by Gasteiger charge is 2.18. The molecule has 0 spiro atoms. The Hall–Kier alpha value is -1.66. The Labute approximate surface area is 469 Å². The van der Waals surface area contributed by atoms with Gasteiger partial charge in [-0.2, -0.15) is 0 Å². The third kappa shape index (κ3) is 61.4. The molecule has 3 N–H and O–H groups in total. The average Bonchev–Trinajstić information content (AvgIpc) is 3.41. The van der Waals surface area contributed by atoms with Crippen molar-refractivity contribution in [2.45, 2.75) is 392 Å². The number of aliphatic hydroxyl groups excluding tert-OH is 2. The molecule has 6 nitrogen and oxygen atoms in total. The molecule has 0 rings (SSSR count). The quantitative estimate of drug-likeness (QED) is 0.0320. The fraction of sp³-hybridized carbons (Fsp3) is 0.913. The topological polar surface area (TPSA) is 95.9 Å². The maximum absolute atomic E-state index is 12.4. The molecule has 75 heavy (non-hydrogen) atoms. The molecule has 0 saturated heterocycles. The van der Waals surface area contributed by atoms with Crippen LogP contribution in [0.1, 0.15) is 380 Å². The summed E-state index contributed by atoms with van der Waals surface area (Å²) in [6.45, 7) is 4.88. The molecular formula is C69H133NO5. The highest BCUT2D eigenvalue weighted by Crippen LogP contribution is 2.19. The van der Waals surface area contributed by atoms with Crippen molar-refractivity contribution in [3.05, 3.63) is 24.3 Å². The molecule has 0 radical (unpaired) electrons. The van der Waals surface area contributed by atoms with Gasteiger partial charge in [0.05, 0.1) is 25.4 Å². The Balaban J connectivity index is 3.30. The first-order valence-electron chi connectivity index (χ1n) is 34.1. The molecule has 0 fully saturated rings. The Bertz CT molecular complexity index is 1170. The van der Waals surface area contributed by atoms with E-state index in [2.05, 4.69) is 31.3 Å². The standard InChI is InChI=1S/C69H133NO5/c1-3-5-7-9-11-13-15-42-45-49-53-57-61-67(72)66(65-71)70-68(73)62-58-54-50-46-43-39-37-35-33-31-29-27-25-23-21-19-17-16-18-20-22-24-26-28-30-32-34-36-38-40-44-48-52-56-60-64-75-69(74)63-59-55-51-47-41-14-12-10-8-6-4-2/h10,12,57,61,66-67,71-72H,3-9,11,13-56,58-60,62-65H2,1-2H3,(H,70,73)/b12-10-,61-57+. The molecule has 0 aromatic carbocycles. The Morgan fingerprint density at radius 1 is 0.360 bits per heavy atom. The molecule has 1 amide bonds. The minimum Gasteiger partial charge on any atom is -0.466 e. The fourth-order valence-corrected chi connectivity index (χ4v) is 10.7. The van der Waals surface area contributed by atoms with Crippen molar-refractivity contribution in [3.8, 4) is 0 Å². The number of unbranched alkanes of at least 4 members (excludes halogenated alkanes) is 51. The number of carbonyl (C=O) groups is 2. The van der Waals surface area contributed by atoms with Crippen LogP contribution >= 0.6 is 0 Å². The van der Waals surface area contributed by atoms with Gasteiger partial charge in [0.2, 0.25) is 5.91 Å². The summed E-state index contributed by atoms with van der Waals surface area (Å²) in [4.78, 5) is 24.4. The highest BCUT2D eigenvalue weighted by molar-refractivity contribution is 5.76. The van der Waals surface area contributed by atoms with E-state index in [4.69, 9.17) is 4.74 Å². The predicted octanol–water partition coefficient (Wildman–Crippen LogP) is 21.8. The normalized spacial score (nSPS) is 12.6. The van der Waals surface area contributed by atoms with Crippen molar-refractivity contribution in [2.24, 2.45) is 0 Å². The Morgan fingerprint density at radius 3 is 0.987 bits per heavy atom. The van der Waals surface area contributed by atoms with Gasteiger partial charge in [-0.1, -0.05) is 340 Å². The summed E-state index contributed by atoms with van der Waals surface area (Å²) in [6.07, 6.45) is 81.3. The van der Waals surface area contributed by atoms with Gasteiger partial charge in [-0.3, -0.25) is 9.59 Å². The minimum atomic E-state index is -0.839. The summed E-state index contributed by atoms with van der Waals surface area (Å²) in [6, 6.07) is -0.622. The fourth-order valence-electron chi connectivity index (χ4n) is 10.7. The minimum absolute atomic E-state index is 0.0115. The molecule has 0 aliphatic carbocycles. The molecular weight excluding hydrogens is 923 g/mol. The number of carbonyl (C=O) groups excluding carboxylic acids is 2. The van der Waals surface area contributed by atoms with Crippen LogP contribution in [0.2, 0.25) is 0 Å². The first kappa shape index (κ1) is 73.3. The highest BCUT2D eigenvalue weighted by atomic mass is 16.5. The number of esters is 1. The van der Waals surface area contributed by atoms with Crippen LogP contribution in [0.4, 0.5) is 0 Å². The first-order chi connectivity index (χ1) is 37.0. The molecule has 0 bridgehead atoms. The van der Waals surface area contributed by atoms with Gasteiger partial charge >= 0.3 is 5.97 Å². The number of rotatable bonds is 64. The molecule has 0 aliphatic rings. The Morgan fingerprint density at radius 2 is 0.640 bits per heavy atom. The molecule has 0 saturated carbocycles. The van der Waals surface area contributed by atoms with E-state index in [0.717, 1.165) is 44.9 Å². The van der Waals surface area contributed by atoms with E-state index in [1.165, 1.54) is 308 Å². The Kier molecular flexibility index (Phi) is 63.4. The predicted molar refractivity (Wildman–Crippen MR) is 329 cm³/mol. The van der Waals surface area contributed by atoms with Gasteiger partial charge in [0.25, 0.3) is 0 Å². The molecule has 2 atom stereocenters. The zero-order valence-corrected chi connectivity index (χ0v) is 50.8. The van der Waals surface area contributed by atoms with E-state index in [1.54, 1.807) is 6.08 Å². The lowest BCUT2D eigenvalue weighted by atomic mass is 10.0. The molecule has 444 valence electrons. The van der Waals surface area contributed by atoms with Crippen molar-refractivity contribution in [3.63, 3.8) is 0 Å². The van der Waals surface area contributed by atoms with Crippen LogP contribution in [0.3, 0.4) is 0 Å². The number of ether oxygens (including phenoxy) is 1. The smallest absolute Gasteiger partial charge is 0.305 e. The van der Waals surface area contributed by atoms with E-state index in [1.807, 2.05) is 6.08 Å². The van der Waals surface area contributed by atoms with Gasteiger partial charge in [0.15, 0.2) is 0 Å². The molecule has 0 aromatic heterocycles. The number of amides is 1. The number of aliphatic hydroxyl groups is 2. The summed E-state index contributed by atoms with van der Waals surface area (Å²) in [5, 5.41) is 23.1. The second-order valence-electron chi connectivity index (χ2n) is 23.5. The van der Waals surface area contributed by atoms with Crippen molar-refractivity contribution >= 4 is 11.9 Å². The lowest BCUT2D eigenvalue weighted by Gasteiger charge is -2.20. The number of hydrogen-bond donors (Lipinski definition) is 3. The number of allylic oxidation sites excluding steroid dienone is 3. The van der Waals surface area contributed by atoms with Gasteiger partial charge < -0.3 is 20.3 Å². The van der Waals surface area contributed by atoms with Gasteiger partial charge in [-0.25, -0.2) is 0 Å². The van der Waals surface area contributed by atoms with Crippen molar-refractivity contribution in [2.75, 3.05) is 13.2 Å². The van der Waals surface area contributed by atoms with Crippen LogP contribution in [0.5, 0.6) is 0 Å². The third-order valence-corrected chi connectivity index (χ3v) is 16.0. The molecule has 0 aliphatic heterocycles. The van der Waals surface area contributed by atoms with Crippen LogP contribution in [-0.4, -0.2) is 47.4 Å². The van der Waals surface area contributed by atoms with Gasteiger partial charge in [-0.15, -0.1) is 0 Å². The van der Waals surface area contributed by atoms with E-state index in [0.29, 0.717) is 19.4 Å². The van der Waals surface area contributed by atoms with E-state index in [-0.39, 0.29) is 18.5 Å². The summed E-state index contributed by atoms with van der Waals surface area (Å²) in [7, 11) is 0. The van der Waals surface area contributed by atoms with Crippen LogP contribution in [-0.2, 0) is 14.3 Å². The second-order valence-corrected chi connectivity index (χ2v) is 23.5. The first-order valence-corrected chi connectivity index (χ1v) is 34.1. The molecule has 0 aromatic rings. The average molecular weight is 1060 g/mol. The lowest BCUT2D eigenvalue weighted by molar-refractivity contribution is -0.143. The van der Waals surface area contributed by atoms with Gasteiger partial charge in [-0.05, 0) is 51.4 Å². The second kappa shape index (κ2) is 64.9.